The second kappa shape index (κ2) is 36.2. The minimum atomic E-state index is -0.825. The average Bonchev–Trinajstić information content (AvgIpc) is 1.90. The van der Waals surface area contributed by atoms with Crippen molar-refractivity contribution in [1.82, 2.24) is 67.6 Å². The van der Waals surface area contributed by atoms with Crippen LogP contribution in [-0.2, 0) is 28.8 Å². The molecule has 1 radical (unpaired) electrons. The Morgan fingerprint density at radius 3 is 1.21 bits per heavy atom. The number of phenols is 4. The van der Waals surface area contributed by atoms with E-state index in [4.69, 9.17) is 9.57 Å². The maximum atomic E-state index is 13.9. The number of nitrogens with one attached hydrogen (secondary N) is 9. The van der Waals surface area contributed by atoms with Crippen molar-refractivity contribution in [1.29, 1.82) is 0 Å². The number of carbonyl (C=O) groups is 12. The summed E-state index contributed by atoms with van der Waals surface area (Å²) in [5.74, 6) is -10.7. The summed E-state index contributed by atoms with van der Waals surface area (Å²) < 4.78 is 5.49. The summed E-state index contributed by atoms with van der Waals surface area (Å²) in [5.41, 5.74) is -1.72. The summed E-state index contributed by atoms with van der Waals surface area (Å²) in [6, 6.07) is 16.3. The predicted octanol–water partition coefficient (Wildman–Crippen LogP) is -1.75. The molecule has 1 saturated heterocycles. The number of aromatic hydroxyl groups is 4. The first-order valence-corrected chi connectivity index (χ1v) is 29.4. The minimum absolute atomic E-state index is 0. The van der Waals surface area contributed by atoms with E-state index in [1.807, 2.05) is 4.90 Å². The van der Waals surface area contributed by atoms with E-state index in [2.05, 4.69) is 47.9 Å². The Balaban J connectivity index is 0.0000134. The molecule has 4 aliphatic rings. The van der Waals surface area contributed by atoms with Crippen LogP contribution in [0.1, 0.15) is 115 Å². The van der Waals surface area contributed by atoms with Gasteiger partial charge in [0.15, 0.2) is 0 Å². The van der Waals surface area contributed by atoms with Gasteiger partial charge in [0.25, 0.3) is 59.1 Å². The second-order valence-electron chi connectivity index (χ2n) is 20.9. The van der Waals surface area contributed by atoms with Gasteiger partial charge in [0.1, 0.15) is 23.0 Å². The molecule has 0 aromatic heterocycles. The fourth-order valence-corrected chi connectivity index (χ4v) is 9.66. The molecule has 92 heavy (non-hydrogen) atoms. The topological polar surface area (TPSA) is 425 Å². The Morgan fingerprint density at radius 2 is 0.793 bits per heavy atom. The number of hydroxylamine groups is 2. The van der Waals surface area contributed by atoms with E-state index >= 15 is 0 Å². The van der Waals surface area contributed by atoms with Gasteiger partial charge in [-0.15, -0.1) is 5.06 Å². The van der Waals surface area contributed by atoms with Crippen molar-refractivity contribution in [2.75, 3.05) is 125 Å². The Hall–Kier alpha value is -8.95. The van der Waals surface area contributed by atoms with E-state index in [1.165, 1.54) is 72.8 Å². The molecule has 32 heteroatoms. The molecule has 495 valence electrons. The Bertz CT molecular complexity index is 3280. The van der Waals surface area contributed by atoms with Gasteiger partial charge in [-0.05, 0) is 55.0 Å². The van der Waals surface area contributed by atoms with E-state index in [-0.39, 0.29) is 240 Å². The van der Waals surface area contributed by atoms with Crippen LogP contribution in [0.5, 0.6) is 23.0 Å². The third kappa shape index (κ3) is 20.8. The third-order valence-corrected chi connectivity index (χ3v) is 14.7. The maximum Gasteiger partial charge on any atom is 0.333 e. The number of phenolic OH excluding ortho intramolecular Hbond substituents is 4. The Kier molecular flexibility index (Phi) is 28.4. The normalized spacial score (nSPS) is 17.7. The van der Waals surface area contributed by atoms with E-state index in [9.17, 15) is 78.0 Å². The van der Waals surface area contributed by atoms with Crippen molar-refractivity contribution in [2.45, 2.75) is 32.1 Å². The number of para-hydroxylation sites is 4. The number of hydrogen-bond acceptors (Lipinski definition) is 21. The summed E-state index contributed by atoms with van der Waals surface area (Å²) in [6.45, 7) is 0.489. The van der Waals surface area contributed by atoms with Gasteiger partial charge in [-0.1, -0.05) is 24.3 Å². The number of fused-ring (bicyclic) bond motifs is 21. The first kappa shape index (κ1) is 72.1. The molecule has 8 rings (SSSR count). The molecule has 4 aromatic carbocycles. The van der Waals surface area contributed by atoms with Crippen LogP contribution in [0.2, 0.25) is 0 Å². The smallest absolute Gasteiger partial charge is 0.333 e. The third-order valence-electron chi connectivity index (χ3n) is 14.7. The molecule has 4 heterocycles. The second-order valence-corrected chi connectivity index (χ2v) is 20.9. The molecular weight excluding hydrogens is 1350 g/mol. The molecule has 0 atom stereocenters. The largest absolute Gasteiger partial charge is 0.506 e. The number of nitrogens with zero attached hydrogens (tertiary/aromatic N) is 4. The van der Waals surface area contributed by atoms with Gasteiger partial charge in [-0.2, -0.15) is 0 Å². The van der Waals surface area contributed by atoms with Crippen LogP contribution < -0.4 is 47.9 Å². The average molecular weight is 1420 g/mol. The molecule has 1 fully saturated rings. The quantitative estimate of drug-likeness (QED) is 0.0464. The van der Waals surface area contributed by atoms with Gasteiger partial charge >= 0.3 is 5.97 Å². The molecule has 8 bridgehead atoms. The number of ether oxygens (including phenoxy) is 1. The fourth-order valence-electron chi connectivity index (χ4n) is 9.66. The number of benzene rings is 4. The molecule has 0 saturated carbocycles. The summed E-state index contributed by atoms with van der Waals surface area (Å²) >= 11 is 0. The number of carbonyl (C=O) groups excluding carboxylic acids is 12. The zero-order chi connectivity index (χ0) is 65.4. The van der Waals surface area contributed by atoms with Crippen molar-refractivity contribution in [3.63, 3.8) is 0 Å². The van der Waals surface area contributed by atoms with Gasteiger partial charge in [0.05, 0.1) is 64.4 Å². The Morgan fingerprint density at radius 1 is 0.435 bits per heavy atom. The van der Waals surface area contributed by atoms with E-state index < -0.39 is 93.9 Å². The summed E-state index contributed by atoms with van der Waals surface area (Å²) in [6.07, 6.45) is -0.239. The van der Waals surface area contributed by atoms with Crippen molar-refractivity contribution in [3.8, 4) is 23.0 Å². The molecule has 13 N–H and O–H groups in total. The first-order chi connectivity index (χ1) is 43.8. The maximum absolute atomic E-state index is 13.9. The standard InChI is InChI=1S/C60H73N13O18.Tb/c74-45(14-5-15-48(77)91-73-46(75)16-17-47(73)76)61-24-34-90-35-25-68-59(88)43-12-4-13-44(52(43)81)60(89)69-36-72-31-23-67-58(87)42-11-3-8-39(51(42)80)55(84)64-20-28-70-26-18-62-53(82)37-6-1-9-40(49(37)78)56(85)65-21-29-71(32-33-72)30-22-66-57(86)41-10-2-7-38(50(41)79)54(83)63-19-27-70;/h1-4,6-13,78-81H,5,14-36H2,(H,61,74)(H,62,82)(H,63,83)(H,64,84)(H,65,85)(H,66,86)(H,67,87)(H,68,88)(H,69,89);. The van der Waals surface area contributed by atoms with E-state index in [1.54, 1.807) is 9.80 Å². The zero-order valence-electron chi connectivity index (χ0n) is 50.0. The molecule has 31 nitrogen and oxygen atoms in total. The first-order valence-electron chi connectivity index (χ1n) is 29.4. The van der Waals surface area contributed by atoms with Gasteiger partial charge in [-0.25, -0.2) is 4.79 Å². The Labute approximate surface area is 558 Å². The van der Waals surface area contributed by atoms with Gasteiger partial charge in [-0.3, -0.25) is 67.4 Å². The number of hydrogen-bond donors (Lipinski definition) is 13. The molecule has 4 aromatic rings. The number of rotatable bonds is 15. The zero-order valence-corrected chi connectivity index (χ0v) is 52.2. The van der Waals surface area contributed by atoms with E-state index in [0.29, 0.717) is 5.06 Å². The van der Waals surface area contributed by atoms with Crippen LogP contribution in [0.4, 0.5) is 0 Å². The van der Waals surface area contributed by atoms with Crippen molar-refractivity contribution in [2.24, 2.45) is 0 Å². The van der Waals surface area contributed by atoms with Crippen molar-refractivity contribution in [3.05, 3.63) is 117 Å². The molecule has 0 spiro atoms. The minimum Gasteiger partial charge on any atom is -0.506 e. The van der Waals surface area contributed by atoms with Crippen LogP contribution in [0.15, 0.2) is 72.8 Å². The summed E-state index contributed by atoms with van der Waals surface area (Å²) in [4.78, 5) is 166. The molecule has 11 amide bonds. The van der Waals surface area contributed by atoms with Crippen molar-refractivity contribution < 1.29 is 126 Å². The number of imide groups is 1. The molecule has 4 aliphatic heterocycles. The monoisotopic (exact) mass is 1420 g/mol. The molecule has 0 unspecified atom stereocenters. The van der Waals surface area contributed by atoms with E-state index in [0.717, 1.165) is 0 Å². The van der Waals surface area contributed by atoms with Crippen LogP contribution in [0.25, 0.3) is 0 Å². The summed E-state index contributed by atoms with van der Waals surface area (Å²) in [5, 5.41) is 69.8. The number of amides is 11. The van der Waals surface area contributed by atoms with Crippen LogP contribution in [-0.4, -0.2) is 236 Å². The fraction of sp³-hybridized carbons (Fsp3) is 0.400. The predicted molar refractivity (Wildman–Crippen MR) is 320 cm³/mol. The summed E-state index contributed by atoms with van der Waals surface area (Å²) in [7, 11) is 0. The van der Waals surface area contributed by atoms with Gasteiger partial charge in [0, 0.05) is 169 Å². The van der Waals surface area contributed by atoms with Crippen LogP contribution in [0.3, 0.4) is 0 Å². The molecular formula is C60H73N13O18Tb. The SMILES string of the molecule is O=C(CCCC(=O)ON1C(=O)CCC1=O)NCCOCCNC(=O)c1cccc(C(=O)NCN2CCNC(=O)c3cccc(c3O)C(=O)NCCN3CCNC(=O)c4cccc(c4O)C(=O)NCCN(CCNC(=O)c4cccc(c4O)C(=O)NCC3)CC2)c1O.[Tb]. The van der Waals surface area contributed by atoms with Crippen LogP contribution in [0, 0.1) is 38.6 Å². The van der Waals surface area contributed by atoms with Gasteiger partial charge in [0.2, 0.25) is 5.91 Å². The van der Waals surface area contributed by atoms with Gasteiger partial charge < -0.3 is 77.9 Å². The molecule has 0 aliphatic carbocycles. The van der Waals surface area contributed by atoms with Crippen LogP contribution >= 0.6 is 0 Å². The van der Waals surface area contributed by atoms with Crippen molar-refractivity contribution >= 4 is 70.9 Å².